The molecule has 4 nitrogen and oxygen atoms in total. The first-order valence-electron chi connectivity index (χ1n) is 8.03. The van der Waals surface area contributed by atoms with Crippen molar-refractivity contribution in [3.8, 4) is 0 Å². The third-order valence-electron chi connectivity index (χ3n) is 5.12. The summed E-state index contributed by atoms with van der Waals surface area (Å²) in [5, 5.41) is 0. The summed E-state index contributed by atoms with van der Waals surface area (Å²) >= 11 is 0. The average Bonchev–Trinajstić information content (AvgIpc) is 3.16. The first-order valence-corrected chi connectivity index (χ1v) is 8.03. The van der Waals surface area contributed by atoms with E-state index in [1.165, 1.54) is 17.0 Å². The number of imide groups is 1. The zero-order valence-corrected chi connectivity index (χ0v) is 12.4. The summed E-state index contributed by atoms with van der Waals surface area (Å²) < 4.78 is 13.1. The quantitative estimate of drug-likeness (QED) is 0.806. The van der Waals surface area contributed by atoms with Gasteiger partial charge >= 0.3 is 6.03 Å². The summed E-state index contributed by atoms with van der Waals surface area (Å²) in [6, 6.07) is 6.54. The maximum absolute atomic E-state index is 13.1. The normalized spacial score (nSPS) is 28.8. The summed E-state index contributed by atoms with van der Waals surface area (Å²) in [4.78, 5) is 28.1. The number of amides is 3. The van der Waals surface area contributed by atoms with E-state index in [0.29, 0.717) is 0 Å². The first kappa shape index (κ1) is 13.7. The van der Waals surface area contributed by atoms with Gasteiger partial charge < -0.3 is 4.90 Å². The van der Waals surface area contributed by atoms with Gasteiger partial charge in [-0.3, -0.25) is 9.69 Å². The number of carbonyl (C=O) groups excluding carboxylic acids is 2. The molecule has 1 aromatic rings. The van der Waals surface area contributed by atoms with Crippen molar-refractivity contribution in [2.24, 2.45) is 0 Å². The van der Waals surface area contributed by atoms with Crippen LogP contribution in [-0.2, 0) is 4.79 Å². The molecule has 3 aliphatic rings. The largest absolute Gasteiger partial charge is 0.327 e. The van der Waals surface area contributed by atoms with Gasteiger partial charge in [0.15, 0.2) is 0 Å². The Labute approximate surface area is 128 Å². The van der Waals surface area contributed by atoms with E-state index in [0.717, 1.165) is 37.7 Å². The van der Waals surface area contributed by atoms with Crippen LogP contribution in [-0.4, -0.2) is 40.4 Å². The van der Waals surface area contributed by atoms with Crippen LogP contribution in [0, 0.1) is 5.82 Å². The second-order valence-electron chi connectivity index (χ2n) is 6.56. The van der Waals surface area contributed by atoms with Gasteiger partial charge in [-0.25, -0.2) is 9.18 Å². The van der Waals surface area contributed by atoms with Gasteiger partial charge in [0.1, 0.15) is 12.4 Å². The fourth-order valence-corrected chi connectivity index (χ4v) is 3.88. The number of benzene rings is 1. The van der Waals surface area contributed by atoms with Crippen LogP contribution >= 0.6 is 0 Å². The predicted octanol–water partition coefficient (Wildman–Crippen LogP) is 2.89. The van der Waals surface area contributed by atoms with Gasteiger partial charge in [0.05, 0.1) is 0 Å². The Morgan fingerprint density at radius 3 is 2.41 bits per heavy atom. The number of carbonyl (C=O) groups is 2. The summed E-state index contributed by atoms with van der Waals surface area (Å²) in [7, 11) is 0. The van der Waals surface area contributed by atoms with Crippen molar-refractivity contribution < 1.29 is 14.0 Å². The van der Waals surface area contributed by atoms with Gasteiger partial charge in [-0.2, -0.15) is 0 Å². The standard InChI is InChI=1S/C17H19FN2O2/c18-12-6-4-11(5-7-12)14-2-1-3-15(14)20-16(21)10-19(17(20)22)13-8-9-13/h4-7,13-15H,1-3,8-10H2. The molecule has 2 atom stereocenters. The lowest BCUT2D eigenvalue weighted by Crippen LogP contribution is -2.42. The van der Waals surface area contributed by atoms with Crippen molar-refractivity contribution in [2.75, 3.05) is 6.54 Å². The fraction of sp³-hybridized carbons (Fsp3) is 0.529. The molecule has 1 aliphatic heterocycles. The molecule has 2 aliphatic carbocycles. The lowest BCUT2D eigenvalue weighted by molar-refractivity contribution is -0.127. The first-order chi connectivity index (χ1) is 10.6. The summed E-state index contributed by atoms with van der Waals surface area (Å²) in [5.74, 6) is -0.199. The number of rotatable bonds is 3. The average molecular weight is 302 g/mol. The molecule has 5 heteroatoms. The molecule has 2 saturated carbocycles. The van der Waals surface area contributed by atoms with E-state index in [4.69, 9.17) is 0 Å². The molecule has 0 N–H and O–H groups in total. The number of nitrogens with zero attached hydrogens (tertiary/aromatic N) is 2. The van der Waals surface area contributed by atoms with Gasteiger partial charge in [0.2, 0.25) is 0 Å². The van der Waals surface area contributed by atoms with E-state index in [-0.39, 0.29) is 42.3 Å². The Bertz CT molecular complexity index is 612. The Balaban J connectivity index is 1.59. The number of hydrogen-bond donors (Lipinski definition) is 0. The number of urea groups is 1. The van der Waals surface area contributed by atoms with Crippen molar-refractivity contribution in [1.29, 1.82) is 0 Å². The summed E-state index contributed by atoms with van der Waals surface area (Å²) in [6.45, 7) is 0.232. The lowest BCUT2D eigenvalue weighted by atomic mass is 9.93. The highest BCUT2D eigenvalue weighted by Gasteiger charge is 2.48. The second-order valence-corrected chi connectivity index (χ2v) is 6.56. The van der Waals surface area contributed by atoms with Crippen molar-refractivity contribution in [1.82, 2.24) is 9.80 Å². The van der Waals surface area contributed by atoms with Gasteiger partial charge in [0, 0.05) is 18.0 Å². The van der Waals surface area contributed by atoms with Crippen molar-refractivity contribution in [3.63, 3.8) is 0 Å². The summed E-state index contributed by atoms with van der Waals surface area (Å²) in [5.41, 5.74) is 1.02. The van der Waals surface area contributed by atoms with E-state index in [1.807, 2.05) is 0 Å². The van der Waals surface area contributed by atoms with Gasteiger partial charge in [-0.1, -0.05) is 18.6 Å². The van der Waals surface area contributed by atoms with Gasteiger partial charge in [-0.05, 0) is 43.4 Å². The van der Waals surface area contributed by atoms with E-state index >= 15 is 0 Å². The molecule has 1 heterocycles. The van der Waals surface area contributed by atoms with E-state index in [2.05, 4.69) is 0 Å². The molecule has 4 rings (SSSR count). The van der Waals surface area contributed by atoms with Crippen LogP contribution in [0.4, 0.5) is 9.18 Å². The number of halogens is 1. The molecule has 0 aromatic heterocycles. The van der Waals surface area contributed by atoms with Crippen LogP contribution in [0.3, 0.4) is 0 Å². The molecule has 1 saturated heterocycles. The third-order valence-corrected chi connectivity index (χ3v) is 5.12. The molecule has 2 unspecified atom stereocenters. The maximum Gasteiger partial charge on any atom is 0.327 e. The van der Waals surface area contributed by atoms with Crippen LogP contribution in [0.25, 0.3) is 0 Å². The Morgan fingerprint density at radius 2 is 1.73 bits per heavy atom. The topological polar surface area (TPSA) is 40.6 Å². The monoisotopic (exact) mass is 302 g/mol. The van der Waals surface area contributed by atoms with Crippen molar-refractivity contribution >= 4 is 11.9 Å². The molecule has 3 amide bonds. The van der Waals surface area contributed by atoms with Crippen LogP contribution < -0.4 is 0 Å². The molecular formula is C17H19FN2O2. The highest BCUT2D eigenvalue weighted by Crippen LogP contribution is 2.41. The minimum Gasteiger partial charge on any atom is -0.312 e. The van der Waals surface area contributed by atoms with E-state index < -0.39 is 0 Å². The SMILES string of the molecule is O=C1CN(C2CC2)C(=O)N1C1CCCC1c1ccc(F)cc1. The van der Waals surface area contributed by atoms with Crippen LogP contribution in [0.1, 0.15) is 43.6 Å². The zero-order valence-electron chi connectivity index (χ0n) is 12.4. The minimum absolute atomic E-state index is 0.0732. The van der Waals surface area contributed by atoms with Crippen molar-refractivity contribution in [2.45, 2.75) is 50.1 Å². The predicted molar refractivity (Wildman–Crippen MR) is 78.8 cm³/mol. The van der Waals surface area contributed by atoms with E-state index in [1.54, 1.807) is 17.0 Å². The van der Waals surface area contributed by atoms with E-state index in [9.17, 15) is 14.0 Å². The molecule has 0 spiro atoms. The molecule has 0 bridgehead atoms. The third kappa shape index (κ3) is 2.19. The second kappa shape index (κ2) is 5.07. The van der Waals surface area contributed by atoms with Gasteiger partial charge in [-0.15, -0.1) is 0 Å². The van der Waals surface area contributed by atoms with Crippen LogP contribution in [0.2, 0.25) is 0 Å². The number of hydrogen-bond acceptors (Lipinski definition) is 2. The fourth-order valence-electron chi connectivity index (χ4n) is 3.88. The molecule has 3 fully saturated rings. The zero-order chi connectivity index (χ0) is 15.3. The Hall–Kier alpha value is -1.91. The highest BCUT2D eigenvalue weighted by molar-refractivity contribution is 6.02. The molecular weight excluding hydrogens is 283 g/mol. The molecule has 22 heavy (non-hydrogen) atoms. The molecule has 0 radical (unpaired) electrons. The van der Waals surface area contributed by atoms with Crippen molar-refractivity contribution in [3.05, 3.63) is 35.6 Å². The maximum atomic E-state index is 13.1. The lowest BCUT2D eigenvalue weighted by Gasteiger charge is -2.28. The molecule has 1 aromatic carbocycles. The smallest absolute Gasteiger partial charge is 0.312 e. The minimum atomic E-state index is -0.258. The molecule has 116 valence electrons. The Kier molecular flexibility index (Phi) is 3.17. The van der Waals surface area contributed by atoms with Crippen LogP contribution in [0.15, 0.2) is 24.3 Å². The summed E-state index contributed by atoms with van der Waals surface area (Å²) in [6.07, 6.45) is 4.81. The van der Waals surface area contributed by atoms with Gasteiger partial charge in [0.25, 0.3) is 5.91 Å². The highest BCUT2D eigenvalue weighted by atomic mass is 19.1. The van der Waals surface area contributed by atoms with Crippen LogP contribution in [0.5, 0.6) is 0 Å². The Morgan fingerprint density at radius 1 is 1.00 bits per heavy atom.